The van der Waals surface area contributed by atoms with Gasteiger partial charge in [0.15, 0.2) is 10.9 Å². The van der Waals surface area contributed by atoms with Crippen molar-refractivity contribution in [2.45, 2.75) is 0 Å². The van der Waals surface area contributed by atoms with Gasteiger partial charge >= 0.3 is 0 Å². The van der Waals surface area contributed by atoms with E-state index in [1.807, 2.05) is 0 Å². The quantitative estimate of drug-likeness (QED) is 0.482. The van der Waals surface area contributed by atoms with Crippen molar-refractivity contribution < 1.29 is 0 Å². The summed E-state index contributed by atoms with van der Waals surface area (Å²) < 4.78 is 0. The lowest BCUT2D eigenvalue weighted by Crippen LogP contribution is -2.14. The van der Waals surface area contributed by atoms with Gasteiger partial charge in [-0.3, -0.25) is 24.2 Å². The zero-order valence-electron chi connectivity index (χ0n) is 10.6. The molecule has 4 aromatic rings. The number of nitrogens with one attached hydrogen (secondary N) is 1. The van der Waals surface area contributed by atoms with Crippen molar-refractivity contribution in [1.29, 1.82) is 0 Å². The summed E-state index contributed by atoms with van der Waals surface area (Å²) in [6.45, 7) is 0. The second-order valence-corrected chi connectivity index (χ2v) is 4.90. The minimum absolute atomic E-state index is 0.00496. The molecule has 0 amide bonds. The molecule has 0 aliphatic heterocycles. The maximum absolute atomic E-state index is 12.6. The van der Waals surface area contributed by atoms with Crippen molar-refractivity contribution in [2.75, 3.05) is 0 Å². The topological polar surface area (TPSA) is 84.1 Å². The van der Waals surface area contributed by atoms with Gasteiger partial charge in [0.25, 0.3) is 11.1 Å². The third-order valence-electron chi connectivity index (χ3n) is 3.79. The number of H-pyrrole nitrogens is 1. The smallest absolute Gasteiger partial charge is 0.259 e. The molecule has 0 atom stereocenters. The van der Waals surface area contributed by atoms with Gasteiger partial charge < -0.3 is 0 Å². The van der Waals surface area contributed by atoms with E-state index in [4.69, 9.17) is 0 Å². The molecule has 1 aromatic heterocycles. The van der Waals surface area contributed by atoms with E-state index in [0.717, 1.165) is 0 Å². The van der Waals surface area contributed by atoms with E-state index >= 15 is 0 Å². The van der Waals surface area contributed by atoms with E-state index in [9.17, 15) is 19.2 Å². The molecule has 5 heteroatoms. The fourth-order valence-electron chi connectivity index (χ4n) is 2.84. The highest BCUT2D eigenvalue weighted by Gasteiger charge is 2.16. The second kappa shape index (κ2) is 3.73. The van der Waals surface area contributed by atoms with Crippen LogP contribution in [0, 0.1) is 0 Å². The van der Waals surface area contributed by atoms with Crippen LogP contribution in [0.15, 0.2) is 55.6 Å². The van der Waals surface area contributed by atoms with Crippen LogP contribution in [0.3, 0.4) is 0 Å². The Balaban J connectivity index is 2.54. The molecule has 4 rings (SSSR count). The summed E-state index contributed by atoms with van der Waals surface area (Å²) in [5, 5.41) is 0.918. The van der Waals surface area contributed by atoms with Crippen molar-refractivity contribution in [1.82, 2.24) is 4.98 Å². The van der Waals surface area contributed by atoms with Gasteiger partial charge in [-0.2, -0.15) is 0 Å². The number of hydrogen-bond donors (Lipinski definition) is 1. The summed E-state index contributed by atoms with van der Waals surface area (Å²) in [7, 11) is 0. The maximum atomic E-state index is 12.6. The highest BCUT2D eigenvalue weighted by atomic mass is 16.2. The lowest BCUT2D eigenvalue weighted by molar-refractivity contribution is 1.26. The fourth-order valence-corrected chi connectivity index (χ4v) is 2.84. The molecule has 0 aliphatic rings. The SMILES string of the molecule is O=c1[nH]c(=O)c2c1ccc1c(=O)c3ccccc3c(=O)c12. The van der Waals surface area contributed by atoms with Crippen LogP contribution in [-0.4, -0.2) is 4.98 Å². The van der Waals surface area contributed by atoms with E-state index in [0.29, 0.717) is 5.39 Å². The first kappa shape index (κ1) is 11.7. The molecular weight excluding hydrogens is 270 g/mol. The first-order valence-corrected chi connectivity index (χ1v) is 6.30. The van der Waals surface area contributed by atoms with Crippen LogP contribution in [0.1, 0.15) is 0 Å². The summed E-state index contributed by atoms with van der Waals surface area (Å²) in [4.78, 5) is 50.8. The van der Waals surface area contributed by atoms with Crippen LogP contribution in [0.25, 0.3) is 32.3 Å². The highest BCUT2D eigenvalue weighted by molar-refractivity contribution is 6.11. The van der Waals surface area contributed by atoms with E-state index in [2.05, 4.69) is 4.98 Å². The Labute approximate surface area is 115 Å². The molecule has 0 saturated heterocycles. The Hall–Kier alpha value is -3.08. The van der Waals surface area contributed by atoms with Gasteiger partial charge in [0.05, 0.1) is 10.8 Å². The summed E-state index contributed by atoms with van der Waals surface area (Å²) in [6, 6.07) is 9.31. The maximum Gasteiger partial charge on any atom is 0.259 e. The molecule has 1 N–H and O–H groups in total. The lowest BCUT2D eigenvalue weighted by atomic mass is 9.99. The van der Waals surface area contributed by atoms with Gasteiger partial charge in [-0.15, -0.1) is 0 Å². The standard InChI is InChI=1S/C16H7NO4/c18-13-7-3-1-2-4-8(7)14(19)11-9(13)5-6-10-12(11)16(21)17-15(10)20/h1-6H,(H,17,20,21). The average Bonchev–Trinajstić information content (AvgIpc) is 2.79. The molecule has 0 fully saturated rings. The molecule has 0 unspecified atom stereocenters. The van der Waals surface area contributed by atoms with Gasteiger partial charge in [-0.25, -0.2) is 0 Å². The normalized spacial score (nSPS) is 11.6. The molecule has 5 nitrogen and oxygen atoms in total. The molecular formula is C16H7NO4. The number of aromatic nitrogens is 1. The second-order valence-electron chi connectivity index (χ2n) is 4.90. The first-order valence-electron chi connectivity index (χ1n) is 6.30. The zero-order chi connectivity index (χ0) is 14.7. The molecule has 100 valence electrons. The monoisotopic (exact) mass is 277 g/mol. The molecule has 0 bridgehead atoms. The minimum atomic E-state index is -0.632. The first-order chi connectivity index (χ1) is 10.1. The zero-order valence-corrected chi connectivity index (χ0v) is 10.6. The largest absolute Gasteiger partial charge is 0.289 e. The van der Waals surface area contributed by atoms with Gasteiger partial charge in [-0.05, 0) is 12.1 Å². The minimum Gasteiger partial charge on any atom is -0.289 e. The van der Waals surface area contributed by atoms with Crippen molar-refractivity contribution in [3.05, 3.63) is 77.6 Å². The third kappa shape index (κ3) is 1.34. The predicted molar refractivity (Wildman–Crippen MR) is 80.8 cm³/mol. The Morgan fingerprint density at radius 1 is 0.571 bits per heavy atom. The summed E-state index contributed by atoms with van der Waals surface area (Å²) >= 11 is 0. The molecule has 0 saturated carbocycles. The third-order valence-corrected chi connectivity index (χ3v) is 3.79. The average molecular weight is 277 g/mol. The molecule has 1 heterocycles. The Kier molecular flexibility index (Phi) is 2.08. The molecule has 0 aliphatic carbocycles. The van der Waals surface area contributed by atoms with E-state index < -0.39 is 16.5 Å². The predicted octanol–water partition coefficient (Wildman–Crippen LogP) is 0.791. The van der Waals surface area contributed by atoms with Gasteiger partial charge in [-0.1, -0.05) is 24.3 Å². The Morgan fingerprint density at radius 2 is 1.19 bits per heavy atom. The summed E-state index contributed by atoms with van der Waals surface area (Å²) in [5.41, 5.74) is -1.89. The van der Waals surface area contributed by atoms with Crippen LogP contribution >= 0.6 is 0 Å². The van der Waals surface area contributed by atoms with E-state index in [-0.39, 0.29) is 32.4 Å². The van der Waals surface area contributed by atoms with E-state index in [1.54, 1.807) is 24.3 Å². The fraction of sp³-hybridized carbons (Fsp3) is 0. The molecule has 0 radical (unpaired) electrons. The molecule has 0 spiro atoms. The number of benzene rings is 3. The van der Waals surface area contributed by atoms with Crippen molar-refractivity contribution in [2.24, 2.45) is 0 Å². The lowest BCUT2D eigenvalue weighted by Gasteiger charge is -2.01. The summed E-state index contributed by atoms with van der Waals surface area (Å²) in [6.07, 6.45) is 0. The summed E-state index contributed by atoms with van der Waals surface area (Å²) in [5.74, 6) is 0. The Morgan fingerprint density at radius 3 is 1.90 bits per heavy atom. The van der Waals surface area contributed by atoms with Crippen molar-refractivity contribution in [3.63, 3.8) is 0 Å². The van der Waals surface area contributed by atoms with Crippen molar-refractivity contribution >= 4 is 32.3 Å². The molecule has 21 heavy (non-hydrogen) atoms. The number of aromatic amines is 1. The van der Waals surface area contributed by atoms with Crippen LogP contribution in [0.2, 0.25) is 0 Å². The molecule has 3 aromatic carbocycles. The van der Waals surface area contributed by atoms with Gasteiger partial charge in [0.2, 0.25) is 0 Å². The van der Waals surface area contributed by atoms with Gasteiger partial charge in [0, 0.05) is 21.5 Å². The van der Waals surface area contributed by atoms with Crippen LogP contribution < -0.4 is 22.0 Å². The number of hydrogen-bond acceptors (Lipinski definition) is 4. The van der Waals surface area contributed by atoms with Crippen molar-refractivity contribution in [3.8, 4) is 0 Å². The highest BCUT2D eigenvalue weighted by Crippen LogP contribution is 2.18. The van der Waals surface area contributed by atoms with Crippen LogP contribution in [0.5, 0.6) is 0 Å². The van der Waals surface area contributed by atoms with E-state index in [1.165, 1.54) is 12.1 Å². The number of fused-ring (bicyclic) bond motifs is 4. The van der Waals surface area contributed by atoms with Crippen LogP contribution in [0.4, 0.5) is 0 Å². The number of rotatable bonds is 0. The van der Waals surface area contributed by atoms with Gasteiger partial charge in [0.1, 0.15) is 0 Å². The van der Waals surface area contributed by atoms with Crippen LogP contribution in [-0.2, 0) is 0 Å². The Bertz CT molecular complexity index is 1260.